The van der Waals surface area contributed by atoms with Crippen molar-refractivity contribution >= 4 is 35.0 Å². The molecule has 0 radical (unpaired) electrons. The number of hydrogen-bond acceptors (Lipinski definition) is 7. The number of amides is 2. The number of nitrogens with one attached hydrogen (secondary N) is 2. The lowest BCUT2D eigenvalue weighted by Crippen LogP contribution is -2.53. The summed E-state index contributed by atoms with van der Waals surface area (Å²) < 4.78 is 10.4. The highest BCUT2D eigenvalue weighted by molar-refractivity contribution is 6.02. The van der Waals surface area contributed by atoms with Crippen molar-refractivity contribution < 1.29 is 29.0 Å². The van der Waals surface area contributed by atoms with Crippen LogP contribution >= 0.6 is 0 Å². The minimum Gasteiger partial charge on any atom is -0.461 e. The molecule has 2 heterocycles. The average Bonchev–Trinajstić information content (AvgIpc) is 3.39. The van der Waals surface area contributed by atoms with Crippen molar-refractivity contribution in [2.45, 2.75) is 56.9 Å². The van der Waals surface area contributed by atoms with Crippen LogP contribution in [0.25, 0.3) is 11.0 Å². The summed E-state index contributed by atoms with van der Waals surface area (Å²) in [7, 11) is 1.25. The number of hydrogen-bond donors (Lipinski definition) is 3. The monoisotopic (exact) mass is 492 g/mol. The molecule has 2 amide bonds. The standard InChI is InChI=1S/C26H28N4O6/c1-15(23(32)36-17-8-4-3-5-9-17)30-22(31)18-10-6-7-11-19(18)26(30,34)16-12-13-20-21(14-16)28-24(27-20)29-25(33)35-2/h6-7,10-15,17,34H,3-5,8-9H2,1-2H3,(H2,27,28,29,33)/t15-,26?/m0/s1. The Kier molecular flexibility index (Phi) is 6.13. The summed E-state index contributed by atoms with van der Waals surface area (Å²) in [6, 6.07) is 10.7. The van der Waals surface area contributed by atoms with Crippen molar-refractivity contribution in [3.63, 3.8) is 0 Å². The van der Waals surface area contributed by atoms with Gasteiger partial charge in [0.25, 0.3) is 5.91 Å². The lowest BCUT2D eigenvalue weighted by molar-refractivity contribution is -0.162. The third-order valence-corrected chi connectivity index (χ3v) is 6.95. The molecule has 1 saturated carbocycles. The summed E-state index contributed by atoms with van der Waals surface area (Å²) in [6.07, 6.45) is 3.87. The second-order valence-electron chi connectivity index (χ2n) is 9.20. The lowest BCUT2D eigenvalue weighted by Gasteiger charge is -2.38. The first-order valence-corrected chi connectivity index (χ1v) is 12.0. The maximum atomic E-state index is 13.5. The van der Waals surface area contributed by atoms with Gasteiger partial charge < -0.3 is 19.6 Å². The largest absolute Gasteiger partial charge is 0.461 e. The fourth-order valence-corrected chi connectivity index (χ4v) is 5.12. The topological polar surface area (TPSA) is 134 Å². The summed E-state index contributed by atoms with van der Waals surface area (Å²) in [4.78, 5) is 46.7. The predicted molar refractivity (Wildman–Crippen MR) is 130 cm³/mol. The zero-order valence-corrected chi connectivity index (χ0v) is 20.1. The van der Waals surface area contributed by atoms with Gasteiger partial charge in [0.1, 0.15) is 12.1 Å². The molecule has 36 heavy (non-hydrogen) atoms. The minimum absolute atomic E-state index is 0.171. The molecule has 3 aromatic rings. The number of imidazole rings is 1. The number of rotatable bonds is 5. The van der Waals surface area contributed by atoms with E-state index in [-0.39, 0.29) is 12.1 Å². The fraction of sp³-hybridized carbons (Fsp3) is 0.385. The van der Waals surface area contributed by atoms with Gasteiger partial charge in [-0.3, -0.25) is 15.0 Å². The van der Waals surface area contributed by atoms with Gasteiger partial charge in [0.2, 0.25) is 5.95 Å². The highest BCUT2D eigenvalue weighted by atomic mass is 16.5. The van der Waals surface area contributed by atoms with E-state index in [0.29, 0.717) is 27.7 Å². The summed E-state index contributed by atoms with van der Waals surface area (Å²) in [5.41, 5.74) is 0.172. The van der Waals surface area contributed by atoms with Gasteiger partial charge in [-0.25, -0.2) is 14.6 Å². The first-order chi connectivity index (χ1) is 17.3. The molecule has 1 aromatic heterocycles. The minimum atomic E-state index is -1.92. The number of esters is 1. The number of methoxy groups -OCH3 is 1. The summed E-state index contributed by atoms with van der Waals surface area (Å²) in [6.45, 7) is 1.58. The van der Waals surface area contributed by atoms with E-state index < -0.39 is 29.7 Å². The van der Waals surface area contributed by atoms with E-state index >= 15 is 0 Å². The van der Waals surface area contributed by atoms with E-state index in [9.17, 15) is 19.5 Å². The SMILES string of the molecule is COC(=O)Nc1nc2ccc(C3(O)c4ccccc4C(=O)N3[C@@H](C)C(=O)OC3CCCCC3)cc2[nH]1. The van der Waals surface area contributed by atoms with Crippen LogP contribution in [-0.4, -0.2) is 57.2 Å². The Morgan fingerprint density at radius 1 is 1.19 bits per heavy atom. The van der Waals surface area contributed by atoms with E-state index in [1.54, 1.807) is 49.4 Å². The van der Waals surface area contributed by atoms with Gasteiger partial charge in [-0.05, 0) is 50.8 Å². The van der Waals surface area contributed by atoms with Crippen LogP contribution in [0, 0.1) is 0 Å². The maximum absolute atomic E-state index is 13.5. The molecule has 0 spiro atoms. The van der Waals surface area contributed by atoms with Gasteiger partial charge in [-0.2, -0.15) is 0 Å². The molecule has 10 nitrogen and oxygen atoms in total. The number of fused-ring (bicyclic) bond motifs is 2. The molecule has 3 N–H and O–H groups in total. The van der Waals surface area contributed by atoms with Crippen LogP contribution in [0.2, 0.25) is 0 Å². The fourth-order valence-electron chi connectivity index (χ4n) is 5.12. The number of H-pyrrole nitrogens is 1. The molecule has 1 aliphatic carbocycles. The number of carbonyl (C=O) groups excluding carboxylic acids is 3. The Balaban J connectivity index is 1.53. The predicted octanol–water partition coefficient (Wildman–Crippen LogP) is 3.65. The molecule has 0 bridgehead atoms. The lowest BCUT2D eigenvalue weighted by atomic mass is 9.93. The molecule has 1 fully saturated rings. The first-order valence-electron chi connectivity index (χ1n) is 12.0. The summed E-state index contributed by atoms with van der Waals surface area (Å²) in [5, 5.41) is 14.7. The number of nitrogens with zero attached hydrogens (tertiary/aromatic N) is 2. The molecule has 1 aliphatic heterocycles. The van der Waals surface area contributed by atoms with Crippen molar-refractivity contribution in [1.82, 2.24) is 14.9 Å². The molecule has 188 valence electrons. The van der Waals surface area contributed by atoms with Gasteiger partial charge in [0, 0.05) is 16.7 Å². The highest BCUT2D eigenvalue weighted by Gasteiger charge is 2.53. The molecule has 2 atom stereocenters. The van der Waals surface area contributed by atoms with Crippen LogP contribution in [0.5, 0.6) is 0 Å². The summed E-state index contributed by atoms with van der Waals surface area (Å²) in [5.74, 6) is -0.835. The van der Waals surface area contributed by atoms with E-state index in [2.05, 4.69) is 20.0 Å². The Hall–Kier alpha value is -3.92. The van der Waals surface area contributed by atoms with Crippen LogP contribution in [0.1, 0.15) is 60.5 Å². The Morgan fingerprint density at radius 3 is 2.69 bits per heavy atom. The second kappa shape index (κ2) is 9.27. The van der Waals surface area contributed by atoms with E-state index in [0.717, 1.165) is 32.1 Å². The van der Waals surface area contributed by atoms with Gasteiger partial charge >= 0.3 is 12.1 Å². The second-order valence-corrected chi connectivity index (χ2v) is 9.20. The quantitative estimate of drug-likeness (QED) is 0.463. The van der Waals surface area contributed by atoms with Crippen molar-refractivity contribution in [3.05, 3.63) is 59.2 Å². The first kappa shape index (κ1) is 23.8. The van der Waals surface area contributed by atoms with Crippen LogP contribution in [0.15, 0.2) is 42.5 Å². The number of aromatic amines is 1. The molecule has 2 aliphatic rings. The normalized spacial score (nSPS) is 20.8. The molecule has 10 heteroatoms. The van der Waals surface area contributed by atoms with Gasteiger partial charge in [0.15, 0.2) is 5.72 Å². The van der Waals surface area contributed by atoms with Gasteiger partial charge in [0.05, 0.1) is 18.1 Å². The number of ether oxygens (including phenoxy) is 2. The van der Waals surface area contributed by atoms with Crippen molar-refractivity contribution in [1.29, 1.82) is 0 Å². The number of aromatic nitrogens is 2. The van der Waals surface area contributed by atoms with Crippen molar-refractivity contribution in [3.8, 4) is 0 Å². The van der Waals surface area contributed by atoms with E-state index in [1.165, 1.54) is 12.0 Å². The molecular weight excluding hydrogens is 464 g/mol. The van der Waals surface area contributed by atoms with Crippen LogP contribution in [0.4, 0.5) is 10.7 Å². The zero-order valence-electron chi connectivity index (χ0n) is 20.1. The van der Waals surface area contributed by atoms with Crippen molar-refractivity contribution in [2.24, 2.45) is 0 Å². The molecule has 0 saturated heterocycles. The zero-order chi connectivity index (χ0) is 25.4. The number of anilines is 1. The van der Waals surface area contributed by atoms with Crippen LogP contribution in [0.3, 0.4) is 0 Å². The molecule has 5 rings (SSSR count). The third kappa shape index (κ3) is 3.97. The Morgan fingerprint density at radius 2 is 1.94 bits per heavy atom. The maximum Gasteiger partial charge on any atom is 0.413 e. The smallest absolute Gasteiger partial charge is 0.413 e. The Labute approximate surface area is 207 Å². The van der Waals surface area contributed by atoms with Crippen molar-refractivity contribution in [2.75, 3.05) is 12.4 Å². The van der Waals surface area contributed by atoms with Crippen LogP contribution < -0.4 is 5.32 Å². The van der Waals surface area contributed by atoms with Gasteiger partial charge in [-0.1, -0.05) is 30.7 Å². The summed E-state index contributed by atoms with van der Waals surface area (Å²) >= 11 is 0. The average molecular weight is 493 g/mol. The van der Waals surface area contributed by atoms with Crippen LogP contribution in [-0.2, 0) is 20.0 Å². The molecule has 2 aromatic carbocycles. The van der Waals surface area contributed by atoms with Gasteiger partial charge in [-0.15, -0.1) is 0 Å². The van der Waals surface area contributed by atoms with E-state index in [1.807, 2.05) is 0 Å². The highest BCUT2D eigenvalue weighted by Crippen LogP contribution is 2.44. The molecule has 1 unspecified atom stereocenters. The molecular formula is C26H28N4O6. The number of aliphatic hydroxyl groups is 1. The third-order valence-electron chi connectivity index (χ3n) is 6.95. The van der Waals surface area contributed by atoms with E-state index in [4.69, 9.17) is 4.74 Å². The number of benzene rings is 2. The number of carbonyl (C=O) groups is 3. The Bertz CT molecular complexity index is 1330.